The van der Waals surface area contributed by atoms with E-state index in [2.05, 4.69) is 55.6 Å². The van der Waals surface area contributed by atoms with Gasteiger partial charge in [-0.2, -0.15) is 0 Å². The van der Waals surface area contributed by atoms with Crippen molar-refractivity contribution in [1.82, 2.24) is 5.32 Å². The SMILES string of the molecule is CCCCCCCCCCC/C=C\C/C=C\CCCCCCCCCCC(O)C(=O)NC(CO)C(O)C(O)CCC/C=C/CCCCCCCCCCCCCCCCCCCCCCCC. The Kier molecular flexibility index (Phi) is 54.2. The first kappa shape index (κ1) is 65.5. The first-order chi connectivity index (χ1) is 33.0. The molecule has 67 heavy (non-hydrogen) atoms. The molecule has 5 N–H and O–H groups in total. The predicted octanol–water partition coefficient (Wildman–Crippen LogP) is 17.6. The van der Waals surface area contributed by atoms with Crippen LogP contribution in [0.1, 0.15) is 316 Å². The standard InChI is InChI=1S/C61H117NO5/c1-3-5-7-9-11-13-15-17-19-21-23-25-27-29-30-31-33-34-36-38-40-42-44-46-48-50-52-54-58(64)60(66)57(56-63)62-61(67)59(65)55-53-51-49-47-45-43-41-39-37-35-32-28-26-24-22-20-18-16-14-12-10-8-6-4-2/h24,26,32,35,46,48,57-60,63-66H,3-23,25,27-31,33-34,36-45,47,49-56H2,1-2H3,(H,62,67)/b26-24-,35-32-,48-46+. The van der Waals surface area contributed by atoms with Gasteiger partial charge in [-0.15, -0.1) is 0 Å². The number of hydrogen-bond acceptors (Lipinski definition) is 5. The summed E-state index contributed by atoms with van der Waals surface area (Å²) in [6.07, 6.45) is 69.4. The second-order valence-electron chi connectivity index (χ2n) is 20.7. The van der Waals surface area contributed by atoms with Crippen molar-refractivity contribution in [2.45, 2.75) is 340 Å². The molecule has 0 bridgehead atoms. The summed E-state index contributed by atoms with van der Waals surface area (Å²) in [6.45, 7) is 4.08. The van der Waals surface area contributed by atoms with Gasteiger partial charge in [0.05, 0.1) is 18.8 Å². The first-order valence-corrected chi connectivity index (χ1v) is 29.9. The predicted molar refractivity (Wildman–Crippen MR) is 293 cm³/mol. The molecule has 0 aromatic rings. The van der Waals surface area contributed by atoms with E-state index in [0.29, 0.717) is 12.8 Å². The van der Waals surface area contributed by atoms with Gasteiger partial charge < -0.3 is 25.7 Å². The number of aliphatic hydroxyl groups excluding tert-OH is 4. The van der Waals surface area contributed by atoms with Crippen molar-refractivity contribution in [2.75, 3.05) is 6.61 Å². The average molecular weight is 945 g/mol. The van der Waals surface area contributed by atoms with E-state index in [1.54, 1.807) is 0 Å². The molecule has 0 radical (unpaired) electrons. The number of rotatable bonds is 55. The highest BCUT2D eigenvalue weighted by Gasteiger charge is 2.28. The molecule has 0 aromatic heterocycles. The quantitative estimate of drug-likeness (QED) is 0.0308. The van der Waals surface area contributed by atoms with E-state index in [1.807, 2.05) is 0 Å². The average Bonchev–Trinajstić information content (AvgIpc) is 3.33. The Balaban J connectivity index is 3.65. The topological polar surface area (TPSA) is 110 Å². The fourth-order valence-corrected chi connectivity index (χ4v) is 9.38. The van der Waals surface area contributed by atoms with Crippen LogP contribution in [0.15, 0.2) is 36.5 Å². The maximum Gasteiger partial charge on any atom is 0.249 e. The van der Waals surface area contributed by atoms with Gasteiger partial charge >= 0.3 is 0 Å². The molecule has 6 nitrogen and oxygen atoms in total. The number of allylic oxidation sites excluding steroid dienone is 6. The van der Waals surface area contributed by atoms with Gasteiger partial charge in [-0.25, -0.2) is 0 Å². The lowest BCUT2D eigenvalue weighted by molar-refractivity contribution is -0.132. The minimum atomic E-state index is -1.29. The van der Waals surface area contributed by atoms with Crippen LogP contribution in [0, 0.1) is 0 Å². The molecule has 4 atom stereocenters. The highest BCUT2D eigenvalue weighted by molar-refractivity contribution is 5.80. The molecule has 0 fully saturated rings. The van der Waals surface area contributed by atoms with Crippen LogP contribution in [0.2, 0.25) is 0 Å². The molecule has 4 unspecified atom stereocenters. The van der Waals surface area contributed by atoms with Gasteiger partial charge in [0.15, 0.2) is 0 Å². The highest BCUT2D eigenvalue weighted by Crippen LogP contribution is 2.18. The Morgan fingerprint density at radius 2 is 0.657 bits per heavy atom. The maximum absolute atomic E-state index is 12.6. The van der Waals surface area contributed by atoms with Crippen LogP contribution in [0.3, 0.4) is 0 Å². The molecule has 0 saturated carbocycles. The summed E-state index contributed by atoms with van der Waals surface area (Å²) in [5.74, 6) is -0.595. The monoisotopic (exact) mass is 944 g/mol. The zero-order valence-electron chi connectivity index (χ0n) is 44.9. The number of carbonyl (C=O) groups excluding carboxylic acids is 1. The van der Waals surface area contributed by atoms with Crippen LogP contribution < -0.4 is 5.32 Å². The van der Waals surface area contributed by atoms with E-state index in [9.17, 15) is 25.2 Å². The Labute approximate surface area is 417 Å². The van der Waals surface area contributed by atoms with E-state index in [-0.39, 0.29) is 0 Å². The van der Waals surface area contributed by atoms with Crippen molar-refractivity contribution in [1.29, 1.82) is 0 Å². The minimum absolute atomic E-state index is 0.357. The third-order valence-electron chi connectivity index (χ3n) is 14.1. The number of carbonyl (C=O) groups is 1. The van der Waals surface area contributed by atoms with E-state index >= 15 is 0 Å². The van der Waals surface area contributed by atoms with E-state index in [0.717, 1.165) is 51.4 Å². The number of nitrogens with one attached hydrogen (secondary N) is 1. The minimum Gasteiger partial charge on any atom is -0.394 e. The van der Waals surface area contributed by atoms with Crippen molar-refractivity contribution < 1.29 is 25.2 Å². The van der Waals surface area contributed by atoms with Gasteiger partial charge in [-0.3, -0.25) is 4.79 Å². The summed E-state index contributed by atoms with van der Waals surface area (Å²) in [7, 11) is 0. The second kappa shape index (κ2) is 55.5. The van der Waals surface area contributed by atoms with E-state index in [4.69, 9.17) is 0 Å². The third kappa shape index (κ3) is 49.3. The number of unbranched alkanes of at least 4 members (excludes halogenated alkanes) is 40. The van der Waals surface area contributed by atoms with Crippen LogP contribution in [-0.4, -0.2) is 57.3 Å². The van der Waals surface area contributed by atoms with Crippen LogP contribution >= 0.6 is 0 Å². The van der Waals surface area contributed by atoms with Crippen LogP contribution in [0.5, 0.6) is 0 Å². The fourth-order valence-electron chi connectivity index (χ4n) is 9.38. The summed E-state index contributed by atoms with van der Waals surface area (Å²) < 4.78 is 0. The molecular formula is C61H117NO5. The Morgan fingerprint density at radius 1 is 0.373 bits per heavy atom. The van der Waals surface area contributed by atoms with Crippen LogP contribution in [0.25, 0.3) is 0 Å². The molecule has 1 amide bonds. The second-order valence-corrected chi connectivity index (χ2v) is 20.7. The maximum atomic E-state index is 12.6. The smallest absolute Gasteiger partial charge is 0.249 e. The molecule has 0 saturated heterocycles. The van der Waals surface area contributed by atoms with Gasteiger partial charge in [0.1, 0.15) is 12.2 Å². The first-order valence-electron chi connectivity index (χ1n) is 29.9. The summed E-state index contributed by atoms with van der Waals surface area (Å²) in [5, 5.41) is 44.0. The van der Waals surface area contributed by atoms with Crippen molar-refractivity contribution in [3.8, 4) is 0 Å². The van der Waals surface area contributed by atoms with Gasteiger partial charge in [-0.05, 0) is 70.6 Å². The molecule has 396 valence electrons. The van der Waals surface area contributed by atoms with Gasteiger partial charge in [0.2, 0.25) is 5.91 Å². The Bertz CT molecular complexity index is 1060. The van der Waals surface area contributed by atoms with Gasteiger partial charge in [0.25, 0.3) is 0 Å². The molecule has 0 rings (SSSR count). The van der Waals surface area contributed by atoms with Gasteiger partial charge in [0, 0.05) is 0 Å². The van der Waals surface area contributed by atoms with Crippen molar-refractivity contribution >= 4 is 5.91 Å². The van der Waals surface area contributed by atoms with Crippen molar-refractivity contribution in [2.24, 2.45) is 0 Å². The van der Waals surface area contributed by atoms with E-state index in [1.165, 1.54) is 238 Å². The van der Waals surface area contributed by atoms with Crippen LogP contribution in [0.4, 0.5) is 0 Å². The van der Waals surface area contributed by atoms with E-state index < -0.39 is 36.9 Å². The summed E-state index contributed by atoms with van der Waals surface area (Å²) in [4.78, 5) is 12.6. The third-order valence-corrected chi connectivity index (χ3v) is 14.1. The number of amides is 1. The molecule has 0 heterocycles. The van der Waals surface area contributed by atoms with Crippen LogP contribution in [-0.2, 0) is 4.79 Å². The lowest BCUT2D eigenvalue weighted by Gasteiger charge is -2.27. The largest absolute Gasteiger partial charge is 0.394 e. The number of hydrogen-bond donors (Lipinski definition) is 5. The lowest BCUT2D eigenvalue weighted by Crippen LogP contribution is -2.53. The highest BCUT2D eigenvalue weighted by atomic mass is 16.3. The molecule has 0 aliphatic carbocycles. The molecule has 0 aliphatic rings. The summed E-state index contributed by atoms with van der Waals surface area (Å²) >= 11 is 0. The Morgan fingerprint density at radius 3 is 0.985 bits per heavy atom. The zero-order valence-corrected chi connectivity index (χ0v) is 44.9. The molecule has 0 aliphatic heterocycles. The molecule has 0 aromatic carbocycles. The summed E-state index contributed by atoms with van der Waals surface area (Å²) in [5.41, 5.74) is 0. The van der Waals surface area contributed by atoms with Crippen molar-refractivity contribution in [3.63, 3.8) is 0 Å². The molecule has 0 spiro atoms. The Hall–Kier alpha value is -1.47. The molecule has 6 heteroatoms. The lowest BCUT2D eigenvalue weighted by atomic mass is 10.00. The zero-order chi connectivity index (χ0) is 48.8. The fraction of sp³-hybridized carbons (Fsp3) is 0.885. The van der Waals surface area contributed by atoms with Gasteiger partial charge in [-0.1, -0.05) is 281 Å². The normalized spacial score (nSPS) is 13.9. The van der Waals surface area contributed by atoms with Crippen molar-refractivity contribution in [3.05, 3.63) is 36.5 Å². The molecular weight excluding hydrogens is 827 g/mol. The summed E-state index contributed by atoms with van der Waals surface area (Å²) in [6, 6.07) is -1.01. The number of aliphatic hydroxyl groups is 4.